The first-order chi connectivity index (χ1) is 14.9. The van der Waals surface area contributed by atoms with Crippen LogP contribution < -0.4 is 10.6 Å². The number of benzene rings is 1. The van der Waals surface area contributed by atoms with Crippen molar-refractivity contribution in [2.45, 2.75) is 105 Å². The Balaban J connectivity index is 3.47. The molecular formula is C26H43N3O4. The topological polar surface area (TPSA) is 87.7 Å². The van der Waals surface area contributed by atoms with Crippen LogP contribution in [0.5, 0.6) is 0 Å². The molecule has 0 saturated heterocycles. The zero-order valence-electron chi connectivity index (χ0n) is 22.2. The van der Waals surface area contributed by atoms with Crippen LogP contribution in [0.1, 0.15) is 86.4 Å². The van der Waals surface area contributed by atoms with Gasteiger partial charge in [-0.2, -0.15) is 0 Å². The maximum Gasteiger partial charge on any atom is 0.408 e. The van der Waals surface area contributed by atoms with E-state index in [2.05, 4.69) is 10.6 Å². The zero-order valence-corrected chi connectivity index (χ0v) is 22.2. The van der Waals surface area contributed by atoms with Gasteiger partial charge in [0.05, 0.1) is 0 Å². The van der Waals surface area contributed by atoms with Crippen LogP contribution in [0.2, 0.25) is 0 Å². The molecule has 1 rings (SSSR count). The first kappa shape index (κ1) is 28.5. The van der Waals surface area contributed by atoms with Crippen molar-refractivity contribution in [3.8, 4) is 0 Å². The number of nitrogens with one attached hydrogen (secondary N) is 2. The third kappa shape index (κ3) is 9.06. The summed E-state index contributed by atoms with van der Waals surface area (Å²) >= 11 is 0. The number of ether oxygens (including phenoxy) is 1. The zero-order chi connectivity index (χ0) is 25.7. The lowest BCUT2D eigenvalue weighted by atomic mass is 9.96. The normalized spacial score (nSPS) is 14.0. The first-order valence-electron chi connectivity index (χ1n) is 11.6. The van der Waals surface area contributed by atoms with Crippen LogP contribution in [0.4, 0.5) is 4.79 Å². The van der Waals surface area contributed by atoms with Crippen molar-refractivity contribution < 1.29 is 19.1 Å². The molecule has 0 spiro atoms. The van der Waals surface area contributed by atoms with E-state index in [0.717, 1.165) is 11.1 Å². The summed E-state index contributed by atoms with van der Waals surface area (Å²) in [7, 11) is 0. The van der Waals surface area contributed by atoms with E-state index in [1.54, 1.807) is 25.7 Å². The van der Waals surface area contributed by atoms with Crippen LogP contribution in [0, 0.1) is 12.8 Å². The predicted octanol–water partition coefficient (Wildman–Crippen LogP) is 4.74. The van der Waals surface area contributed by atoms with Crippen molar-refractivity contribution in [2.24, 2.45) is 5.92 Å². The molecule has 0 fully saturated rings. The molecule has 2 N–H and O–H groups in total. The molecule has 0 radical (unpaired) electrons. The van der Waals surface area contributed by atoms with Crippen LogP contribution in [0.3, 0.4) is 0 Å². The summed E-state index contributed by atoms with van der Waals surface area (Å²) in [5.74, 6) is -0.813. The molecule has 0 aliphatic carbocycles. The molecule has 0 aliphatic heterocycles. The highest BCUT2D eigenvalue weighted by atomic mass is 16.6. The molecule has 186 valence electrons. The predicted molar refractivity (Wildman–Crippen MR) is 132 cm³/mol. The van der Waals surface area contributed by atoms with Crippen LogP contribution in [0.15, 0.2) is 24.3 Å². The van der Waals surface area contributed by atoms with E-state index in [0.29, 0.717) is 0 Å². The fourth-order valence-electron chi connectivity index (χ4n) is 3.51. The average molecular weight is 462 g/mol. The van der Waals surface area contributed by atoms with Crippen molar-refractivity contribution >= 4 is 17.9 Å². The maximum atomic E-state index is 13.9. The van der Waals surface area contributed by atoms with Gasteiger partial charge in [0.25, 0.3) is 0 Å². The number of carbonyl (C=O) groups excluding carboxylic acids is 3. The van der Waals surface area contributed by atoms with Crippen molar-refractivity contribution in [1.29, 1.82) is 0 Å². The number of rotatable bonds is 7. The molecule has 7 heteroatoms. The summed E-state index contributed by atoms with van der Waals surface area (Å²) in [6.45, 7) is 20.4. The van der Waals surface area contributed by atoms with Gasteiger partial charge in [-0.1, -0.05) is 43.7 Å². The second-order valence-electron chi connectivity index (χ2n) is 11.3. The minimum absolute atomic E-state index is 0.213. The molecule has 7 nitrogen and oxygen atoms in total. The molecule has 1 aromatic rings. The number of amides is 3. The number of aryl methyl sites for hydroxylation is 1. The van der Waals surface area contributed by atoms with Crippen molar-refractivity contribution in [3.63, 3.8) is 0 Å². The van der Waals surface area contributed by atoms with E-state index < -0.39 is 29.3 Å². The van der Waals surface area contributed by atoms with E-state index in [9.17, 15) is 14.4 Å². The number of alkyl carbamates (subject to hydrolysis) is 1. The molecule has 0 bridgehead atoms. The summed E-state index contributed by atoms with van der Waals surface area (Å²) in [4.78, 5) is 41.4. The molecule has 0 aromatic heterocycles. The summed E-state index contributed by atoms with van der Waals surface area (Å²) in [6, 6.07) is 5.61. The summed E-state index contributed by atoms with van der Waals surface area (Å²) in [5, 5.41) is 5.75. The molecule has 2 atom stereocenters. The Bertz CT molecular complexity index is 835. The summed E-state index contributed by atoms with van der Waals surface area (Å²) in [5.41, 5.74) is 0.545. The van der Waals surface area contributed by atoms with E-state index >= 15 is 0 Å². The monoisotopic (exact) mass is 461 g/mol. The van der Waals surface area contributed by atoms with Gasteiger partial charge in [0, 0.05) is 11.6 Å². The lowest BCUT2D eigenvalue weighted by molar-refractivity contribution is -0.146. The Hall–Kier alpha value is -2.57. The van der Waals surface area contributed by atoms with Gasteiger partial charge in [-0.05, 0) is 73.8 Å². The Morgan fingerprint density at radius 3 is 1.97 bits per heavy atom. The Morgan fingerprint density at radius 2 is 1.55 bits per heavy atom. The van der Waals surface area contributed by atoms with Gasteiger partial charge >= 0.3 is 6.09 Å². The minimum atomic E-state index is -0.850. The van der Waals surface area contributed by atoms with Crippen molar-refractivity contribution in [1.82, 2.24) is 15.5 Å². The quantitative estimate of drug-likeness (QED) is 0.614. The SMILES string of the molecule is Cc1cccc(C(C(=O)NC(C)(C)C)N(C(=O)C(NC(=O)OC(C)(C)C)C(C)C)C(C)C)c1. The van der Waals surface area contributed by atoms with E-state index in [4.69, 9.17) is 4.74 Å². The Morgan fingerprint density at radius 1 is 0.970 bits per heavy atom. The lowest BCUT2D eigenvalue weighted by Gasteiger charge is -2.39. The van der Waals surface area contributed by atoms with Crippen LogP contribution in [-0.4, -0.2) is 46.0 Å². The second-order valence-corrected chi connectivity index (χ2v) is 11.3. The Kier molecular flexibility index (Phi) is 9.52. The molecule has 0 saturated carbocycles. The number of hydrogen-bond donors (Lipinski definition) is 2. The van der Waals surface area contributed by atoms with Crippen LogP contribution in [-0.2, 0) is 14.3 Å². The highest BCUT2D eigenvalue weighted by Crippen LogP contribution is 2.27. The van der Waals surface area contributed by atoms with Gasteiger partial charge in [0.1, 0.15) is 17.7 Å². The highest BCUT2D eigenvalue weighted by molar-refractivity contribution is 5.92. The molecule has 1 aromatic carbocycles. The van der Waals surface area contributed by atoms with Gasteiger partial charge < -0.3 is 20.3 Å². The molecule has 3 amide bonds. The molecule has 0 heterocycles. The standard InChI is InChI=1S/C26H43N3O4/c1-16(2)20(27-24(32)33-26(9,10)11)23(31)29(17(3)4)21(22(30)28-25(6,7)8)19-14-12-13-18(5)15-19/h12-17,20-21H,1-11H3,(H,27,32)(H,28,30). The van der Waals surface area contributed by atoms with Gasteiger partial charge in [0.15, 0.2) is 0 Å². The minimum Gasteiger partial charge on any atom is -0.444 e. The van der Waals surface area contributed by atoms with Gasteiger partial charge in [-0.3, -0.25) is 9.59 Å². The van der Waals surface area contributed by atoms with E-state index in [-0.39, 0.29) is 23.8 Å². The van der Waals surface area contributed by atoms with E-state index in [1.807, 2.05) is 79.7 Å². The van der Waals surface area contributed by atoms with Crippen molar-refractivity contribution in [2.75, 3.05) is 0 Å². The van der Waals surface area contributed by atoms with Crippen LogP contribution >= 0.6 is 0 Å². The number of hydrogen-bond acceptors (Lipinski definition) is 4. The average Bonchev–Trinajstić information content (AvgIpc) is 2.59. The van der Waals surface area contributed by atoms with Crippen molar-refractivity contribution in [3.05, 3.63) is 35.4 Å². The molecule has 33 heavy (non-hydrogen) atoms. The molecule has 2 unspecified atom stereocenters. The third-order valence-corrected chi connectivity index (χ3v) is 4.80. The van der Waals surface area contributed by atoms with Gasteiger partial charge in [0.2, 0.25) is 11.8 Å². The fraction of sp³-hybridized carbons (Fsp3) is 0.654. The first-order valence-corrected chi connectivity index (χ1v) is 11.6. The van der Waals surface area contributed by atoms with Gasteiger partial charge in [-0.15, -0.1) is 0 Å². The van der Waals surface area contributed by atoms with E-state index in [1.165, 1.54) is 0 Å². The summed E-state index contributed by atoms with van der Waals surface area (Å²) in [6.07, 6.45) is -0.662. The number of carbonyl (C=O) groups is 3. The number of nitrogens with zero attached hydrogens (tertiary/aromatic N) is 1. The summed E-state index contributed by atoms with van der Waals surface area (Å²) < 4.78 is 5.38. The lowest BCUT2D eigenvalue weighted by Crippen LogP contribution is -2.57. The molecular weight excluding hydrogens is 418 g/mol. The van der Waals surface area contributed by atoms with Gasteiger partial charge in [-0.25, -0.2) is 4.79 Å². The fourth-order valence-corrected chi connectivity index (χ4v) is 3.51. The van der Waals surface area contributed by atoms with Crippen LogP contribution in [0.25, 0.3) is 0 Å². The third-order valence-electron chi connectivity index (χ3n) is 4.80. The largest absolute Gasteiger partial charge is 0.444 e. The highest BCUT2D eigenvalue weighted by Gasteiger charge is 2.39. The molecule has 0 aliphatic rings. The maximum absolute atomic E-state index is 13.9. The Labute approximate surface area is 199 Å². The smallest absolute Gasteiger partial charge is 0.408 e. The second kappa shape index (κ2) is 11.0.